The number of halogens is 2. The van der Waals surface area contributed by atoms with Gasteiger partial charge in [0.05, 0.1) is 6.20 Å². The molecule has 0 aliphatic heterocycles. The van der Waals surface area contributed by atoms with Gasteiger partial charge in [0.15, 0.2) is 5.52 Å². The predicted molar refractivity (Wildman–Crippen MR) is 122 cm³/mol. The minimum Gasteiger partial charge on any atom is -1.00 e. The van der Waals surface area contributed by atoms with Gasteiger partial charge in [0.2, 0.25) is 0 Å². The van der Waals surface area contributed by atoms with Crippen molar-refractivity contribution in [3.8, 4) is 5.69 Å². The monoisotopic (exact) mass is 443 g/mol. The first-order valence-corrected chi connectivity index (χ1v) is 10.4. The molecule has 0 saturated carbocycles. The van der Waals surface area contributed by atoms with Crippen LogP contribution in [-0.4, -0.2) is 9.13 Å². The van der Waals surface area contributed by atoms with Crippen LogP contribution in [0.3, 0.4) is 0 Å². The number of benzene rings is 3. The van der Waals surface area contributed by atoms with Crippen molar-refractivity contribution in [3.63, 3.8) is 0 Å². The average Bonchev–Trinajstić information content (AvgIpc) is 3.34. The first kappa shape index (κ1) is 19.7. The molecule has 0 bridgehead atoms. The van der Waals surface area contributed by atoms with E-state index in [1.165, 1.54) is 32.9 Å². The summed E-state index contributed by atoms with van der Waals surface area (Å²) in [6.45, 7) is 0.765. The first-order valence-electron chi connectivity index (χ1n) is 10.0. The second-order valence-corrected chi connectivity index (χ2v) is 8.03. The van der Waals surface area contributed by atoms with Gasteiger partial charge in [0.25, 0.3) is 6.33 Å². The van der Waals surface area contributed by atoms with E-state index in [0.717, 1.165) is 17.3 Å². The summed E-state index contributed by atoms with van der Waals surface area (Å²) in [5.41, 5.74) is 5.97. The fraction of sp³-hybridized carbons (Fsp3) is 0.0385. The van der Waals surface area contributed by atoms with Gasteiger partial charge in [0.1, 0.15) is 17.4 Å². The van der Waals surface area contributed by atoms with E-state index in [4.69, 9.17) is 11.6 Å². The van der Waals surface area contributed by atoms with Gasteiger partial charge < -0.3 is 17.0 Å². The highest BCUT2D eigenvalue weighted by Crippen LogP contribution is 2.31. The lowest BCUT2D eigenvalue weighted by molar-refractivity contribution is -0.510. The minimum atomic E-state index is 0. The van der Waals surface area contributed by atoms with Crippen LogP contribution in [0.15, 0.2) is 104 Å². The van der Waals surface area contributed by atoms with Gasteiger partial charge >= 0.3 is 0 Å². The fourth-order valence-corrected chi connectivity index (χ4v) is 4.60. The fourth-order valence-electron chi connectivity index (χ4n) is 4.38. The molecule has 5 heteroatoms. The van der Waals surface area contributed by atoms with Gasteiger partial charge in [-0.25, -0.2) is 8.97 Å². The van der Waals surface area contributed by atoms with E-state index in [9.17, 15) is 0 Å². The number of hydrogen-bond acceptors (Lipinski definition) is 0. The highest BCUT2D eigenvalue weighted by molar-refractivity contribution is 6.30. The van der Waals surface area contributed by atoms with Gasteiger partial charge in [-0.1, -0.05) is 60.1 Å². The molecule has 0 spiro atoms. The molecule has 0 N–H and O–H groups in total. The second-order valence-electron chi connectivity index (χ2n) is 7.59. The number of pyridine rings is 1. The molecule has 3 heterocycles. The zero-order valence-electron chi connectivity index (χ0n) is 16.6. The van der Waals surface area contributed by atoms with E-state index in [-0.39, 0.29) is 12.4 Å². The van der Waals surface area contributed by atoms with E-state index in [1.54, 1.807) is 0 Å². The summed E-state index contributed by atoms with van der Waals surface area (Å²) in [4.78, 5) is 0. The molecule has 0 atom stereocenters. The summed E-state index contributed by atoms with van der Waals surface area (Å²) in [5, 5.41) is 3.30. The van der Waals surface area contributed by atoms with Crippen molar-refractivity contribution in [2.75, 3.05) is 0 Å². The van der Waals surface area contributed by atoms with Crippen molar-refractivity contribution in [2.24, 2.45) is 0 Å². The standard InChI is InChI=1S/C26H19ClN3.ClH/c27-20-8-6-7-19(15-20)16-30-24-12-5-4-11-22(24)23-13-14-28-18-29(17-25(28)26(23)30)21-9-2-1-3-10-21;/h1-15,17-18H,16H2;1H/q+1;/p-1. The quantitative estimate of drug-likeness (QED) is 0.373. The van der Waals surface area contributed by atoms with Crippen LogP contribution in [0.5, 0.6) is 0 Å². The van der Waals surface area contributed by atoms with Crippen LogP contribution < -0.4 is 16.8 Å². The summed E-state index contributed by atoms with van der Waals surface area (Å²) < 4.78 is 6.78. The van der Waals surface area contributed by atoms with Crippen molar-refractivity contribution in [3.05, 3.63) is 114 Å². The van der Waals surface area contributed by atoms with E-state index < -0.39 is 0 Å². The molecule has 0 fully saturated rings. The zero-order valence-corrected chi connectivity index (χ0v) is 18.1. The molecule has 3 aromatic heterocycles. The third-order valence-electron chi connectivity index (χ3n) is 5.73. The van der Waals surface area contributed by atoms with Crippen LogP contribution >= 0.6 is 11.6 Å². The maximum atomic E-state index is 6.27. The Balaban J connectivity index is 0.00000204. The molecule has 0 aliphatic carbocycles. The molecule has 0 radical (unpaired) electrons. The minimum absolute atomic E-state index is 0. The summed E-state index contributed by atoms with van der Waals surface area (Å²) in [6.07, 6.45) is 6.49. The van der Waals surface area contributed by atoms with Crippen LogP contribution in [-0.2, 0) is 6.54 Å². The van der Waals surface area contributed by atoms with Crippen molar-refractivity contribution in [1.82, 2.24) is 9.13 Å². The number of nitrogens with zero attached hydrogens (tertiary/aromatic N) is 3. The Labute approximate surface area is 191 Å². The lowest BCUT2D eigenvalue weighted by Crippen LogP contribution is -3.00. The summed E-state index contributed by atoms with van der Waals surface area (Å²) in [5.74, 6) is 0. The third-order valence-corrected chi connectivity index (χ3v) is 5.96. The first-order chi connectivity index (χ1) is 14.8. The van der Waals surface area contributed by atoms with E-state index >= 15 is 0 Å². The number of fused-ring (bicyclic) bond motifs is 5. The Hall–Kier alpha value is -3.27. The Morgan fingerprint density at radius 2 is 1.61 bits per heavy atom. The lowest BCUT2D eigenvalue weighted by atomic mass is 10.2. The van der Waals surface area contributed by atoms with Crippen LogP contribution in [0.25, 0.3) is 33.0 Å². The van der Waals surface area contributed by atoms with Crippen molar-refractivity contribution in [1.29, 1.82) is 0 Å². The maximum absolute atomic E-state index is 6.27. The van der Waals surface area contributed by atoms with E-state index in [1.807, 2.05) is 24.3 Å². The molecule has 3 aromatic carbocycles. The molecule has 0 saturated heterocycles. The lowest BCUT2D eigenvalue weighted by Gasteiger charge is -2.08. The summed E-state index contributed by atoms with van der Waals surface area (Å²) >= 11 is 6.27. The van der Waals surface area contributed by atoms with Gasteiger partial charge in [-0.05, 0) is 42.0 Å². The van der Waals surface area contributed by atoms with Crippen LogP contribution in [0.2, 0.25) is 5.02 Å². The molecular formula is C26H19Cl2N3. The number of aromatic nitrogens is 3. The number of rotatable bonds is 3. The molecule has 0 unspecified atom stereocenters. The molecule has 0 amide bonds. The van der Waals surface area contributed by atoms with Crippen LogP contribution in [0.4, 0.5) is 0 Å². The largest absolute Gasteiger partial charge is 1.00 e. The Morgan fingerprint density at radius 1 is 0.806 bits per heavy atom. The summed E-state index contributed by atoms with van der Waals surface area (Å²) in [6, 6.07) is 29.4. The van der Waals surface area contributed by atoms with Crippen LogP contribution in [0.1, 0.15) is 5.56 Å². The van der Waals surface area contributed by atoms with Crippen molar-refractivity contribution in [2.45, 2.75) is 6.54 Å². The molecule has 0 aliphatic rings. The molecule has 6 rings (SSSR count). The Bertz CT molecular complexity index is 1530. The number of imidazole rings is 1. The summed E-state index contributed by atoms with van der Waals surface area (Å²) in [7, 11) is 0. The topological polar surface area (TPSA) is 14.0 Å². The molecule has 152 valence electrons. The number of hydrogen-bond donors (Lipinski definition) is 0. The Morgan fingerprint density at radius 3 is 2.45 bits per heavy atom. The molecule has 6 aromatic rings. The number of para-hydroxylation sites is 2. The van der Waals surface area contributed by atoms with E-state index in [2.05, 4.69) is 92.9 Å². The maximum Gasteiger partial charge on any atom is 0.254 e. The zero-order chi connectivity index (χ0) is 20.1. The van der Waals surface area contributed by atoms with Crippen LogP contribution in [0, 0.1) is 0 Å². The van der Waals surface area contributed by atoms with E-state index in [0.29, 0.717) is 0 Å². The second kappa shape index (κ2) is 7.77. The smallest absolute Gasteiger partial charge is 0.254 e. The predicted octanol–water partition coefficient (Wildman–Crippen LogP) is 3.03. The molecular weight excluding hydrogens is 425 g/mol. The van der Waals surface area contributed by atoms with Gasteiger partial charge in [0, 0.05) is 27.9 Å². The van der Waals surface area contributed by atoms with Crippen molar-refractivity contribution >= 4 is 38.9 Å². The van der Waals surface area contributed by atoms with Gasteiger partial charge in [-0.2, -0.15) is 0 Å². The molecule has 31 heavy (non-hydrogen) atoms. The third kappa shape index (κ3) is 3.27. The molecule has 3 nitrogen and oxygen atoms in total. The average molecular weight is 444 g/mol. The SMILES string of the molecule is Clc1cccc(Cn2c3ccccc3c3cc[n+]4cn(-c5ccccc5)cc4c32)c1.[Cl-]. The highest BCUT2D eigenvalue weighted by Gasteiger charge is 2.19. The van der Waals surface area contributed by atoms with Crippen molar-refractivity contribution < 1.29 is 16.8 Å². The highest BCUT2D eigenvalue weighted by atomic mass is 35.5. The van der Waals surface area contributed by atoms with Gasteiger partial charge in [-0.15, -0.1) is 0 Å². The van der Waals surface area contributed by atoms with Gasteiger partial charge in [-0.3, -0.25) is 0 Å². The normalized spacial score (nSPS) is 11.3. The Kier molecular flexibility index (Phi) is 4.93.